The van der Waals surface area contributed by atoms with Crippen LogP contribution in [0.3, 0.4) is 0 Å². The van der Waals surface area contributed by atoms with Gasteiger partial charge in [0.05, 0.1) is 0 Å². The summed E-state index contributed by atoms with van der Waals surface area (Å²) >= 11 is -4.90. The Morgan fingerprint density at radius 2 is 1.20 bits per heavy atom. The first-order valence-electron chi connectivity index (χ1n) is 15.3. The van der Waals surface area contributed by atoms with Crippen LogP contribution < -0.4 is 3.27 Å². The van der Waals surface area contributed by atoms with Gasteiger partial charge in [-0.3, -0.25) is 0 Å². The van der Waals surface area contributed by atoms with E-state index in [2.05, 4.69) is 161 Å². The molecule has 2 aliphatic carbocycles. The van der Waals surface area contributed by atoms with Crippen LogP contribution in [0, 0.1) is 0 Å². The van der Waals surface area contributed by atoms with Gasteiger partial charge in [0.15, 0.2) is 0 Å². The number of hydrogen-bond acceptors (Lipinski definition) is 0. The Morgan fingerprint density at radius 3 is 1.80 bits per heavy atom. The van der Waals surface area contributed by atoms with E-state index in [1.165, 1.54) is 47.4 Å². The molecule has 0 nitrogen and oxygen atoms in total. The minimum atomic E-state index is -4.90. The molecule has 0 aromatic heterocycles. The monoisotopic (exact) mass is 694 g/mol. The molecule has 0 aliphatic heterocycles. The van der Waals surface area contributed by atoms with Crippen LogP contribution in [0.15, 0.2) is 137 Å². The summed E-state index contributed by atoms with van der Waals surface area (Å²) in [6.07, 6.45) is 9.06. The molecular formula is C41H42Cl2Zr. The predicted molar refractivity (Wildman–Crippen MR) is 194 cm³/mol. The second-order valence-electron chi connectivity index (χ2n) is 13.6. The summed E-state index contributed by atoms with van der Waals surface area (Å²) in [5.74, 6) is 0. The second-order valence-corrected chi connectivity index (χ2v) is 29.8. The maximum atomic E-state index is 5.88. The molecule has 0 unspecified atom stereocenters. The van der Waals surface area contributed by atoms with Gasteiger partial charge in [0.1, 0.15) is 0 Å². The van der Waals surface area contributed by atoms with E-state index in [0.717, 1.165) is 12.8 Å². The molecule has 0 heterocycles. The molecule has 0 atom stereocenters. The Bertz CT molecular complexity index is 1920. The van der Waals surface area contributed by atoms with E-state index in [0.29, 0.717) is 0 Å². The zero-order valence-electron chi connectivity index (χ0n) is 26.1. The van der Waals surface area contributed by atoms with Gasteiger partial charge in [-0.05, 0) is 0 Å². The van der Waals surface area contributed by atoms with Crippen molar-refractivity contribution in [1.29, 1.82) is 0 Å². The molecule has 3 heteroatoms. The van der Waals surface area contributed by atoms with E-state index in [9.17, 15) is 0 Å². The third-order valence-corrected chi connectivity index (χ3v) is 35.0. The van der Waals surface area contributed by atoms with Crippen LogP contribution in [0.1, 0.15) is 56.4 Å². The van der Waals surface area contributed by atoms with Crippen LogP contribution >= 0.6 is 24.8 Å². The van der Waals surface area contributed by atoms with Crippen molar-refractivity contribution >= 4 is 43.1 Å². The van der Waals surface area contributed by atoms with Crippen molar-refractivity contribution in [3.05, 3.63) is 159 Å². The molecule has 44 heavy (non-hydrogen) atoms. The van der Waals surface area contributed by atoms with Crippen molar-refractivity contribution in [2.75, 3.05) is 0 Å². The minimum absolute atomic E-state index is 0. The van der Waals surface area contributed by atoms with Crippen molar-refractivity contribution in [3.63, 3.8) is 0 Å². The van der Waals surface area contributed by atoms with Gasteiger partial charge < -0.3 is 0 Å². The average molecular weight is 697 g/mol. The second kappa shape index (κ2) is 11.5. The first-order valence-corrected chi connectivity index (χ1v) is 22.0. The molecule has 5 aromatic rings. The summed E-state index contributed by atoms with van der Waals surface area (Å²) < 4.78 is 8.56. The van der Waals surface area contributed by atoms with Crippen molar-refractivity contribution < 1.29 is 18.3 Å². The van der Waals surface area contributed by atoms with Crippen LogP contribution in [0.25, 0.3) is 21.9 Å². The summed E-state index contributed by atoms with van der Waals surface area (Å²) in [4.78, 5) is 0. The molecule has 0 N–H and O–H groups in total. The molecule has 7 rings (SSSR count). The van der Waals surface area contributed by atoms with Gasteiger partial charge in [-0.2, -0.15) is 0 Å². The number of fused-ring (bicyclic) bond motifs is 5. The van der Waals surface area contributed by atoms with Gasteiger partial charge in [-0.1, -0.05) is 0 Å². The van der Waals surface area contributed by atoms with Crippen LogP contribution in [0.4, 0.5) is 0 Å². The normalized spacial score (nSPS) is 14.3. The van der Waals surface area contributed by atoms with Crippen molar-refractivity contribution in [3.8, 4) is 11.1 Å². The van der Waals surface area contributed by atoms with Crippen molar-refractivity contribution in [2.45, 2.75) is 46.8 Å². The van der Waals surface area contributed by atoms with Crippen molar-refractivity contribution in [2.24, 2.45) is 0 Å². The third kappa shape index (κ3) is 4.09. The molecule has 0 spiro atoms. The SMILES string of the molecule is Cl.Cl.[CH2]=[Zr]([C]1=CC=CC1)([c]1cccc2ccc3c(c12)Cc1ccccc1-3)([C](C)(C)c1ccccc1)[C](C)(C)c1ccccc1. The fourth-order valence-electron chi connectivity index (χ4n) is 9.11. The van der Waals surface area contributed by atoms with Crippen molar-refractivity contribution in [1.82, 2.24) is 0 Å². The number of halogens is 2. The number of rotatable bonds is 6. The standard InChI is InChI=1S/C17H11.2C9H11.C5H5.CH2.2ClH.Zr/c1-3-7-14-12(5-1)9-10-16-15-8-4-2-6-13(15)11-17(14)16;2*1-8(2)9-6-4-3-5-7-9;1-2-4-5-3-1;;;;/h1-6,8-10H,11H2;2*3-7H,1-2H3;1-3H,4H2;1H2;2*1H;. The van der Waals surface area contributed by atoms with Gasteiger partial charge in [-0.25, -0.2) is 0 Å². The average Bonchev–Trinajstić information content (AvgIpc) is 3.70. The van der Waals surface area contributed by atoms with E-state index in [4.69, 9.17) is 4.21 Å². The zero-order chi connectivity index (χ0) is 29.2. The fraction of sp³-hybridized carbons (Fsp3) is 0.195. The van der Waals surface area contributed by atoms with Gasteiger partial charge >= 0.3 is 253 Å². The molecule has 2 aliphatic rings. The summed E-state index contributed by atoms with van der Waals surface area (Å²) in [7, 11) is 0. The topological polar surface area (TPSA) is 0 Å². The van der Waals surface area contributed by atoms with E-state index in [1.54, 1.807) is 3.28 Å². The number of allylic oxidation sites excluding steroid dienone is 4. The van der Waals surface area contributed by atoms with Gasteiger partial charge in [0, 0.05) is 0 Å². The quantitative estimate of drug-likeness (QED) is 0.163. The zero-order valence-corrected chi connectivity index (χ0v) is 30.2. The molecule has 0 saturated carbocycles. The van der Waals surface area contributed by atoms with E-state index in [-0.39, 0.29) is 31.1 Å². The fourth-order valence-corrected chi connectivity index (χ4v) is 30.8. The summed E-state index contributed by atoms with van der Waals surface area (Å²) in [5, 5.41) is 2.79. The molecule has 0 bridgehead atoms. The Hall–Kier alpha value is -2.83. The van der Waals surface area contributed by atoms with Crippen LogP contribution in [-0.4, -0.2) is 4.21 Å². The molecule has 5 aromatic carbocycles. The van der Waals surface area contributed by atoms with Crippen LogP contribution in [0.2, 0.25) is 0 Å². The summed E-state index contributed by atoms with van der Waals surface area (Å²) in [6, 6.07) is 43.4. The molecule has 0 amide bonds. The van der Waals surface area contributed by atoms with E-state index < -0.39 is 18.3 Å². The number of hydrogen-bond donors (Lipinski definition) is 0. The number of benzene rings is 5. The van der Waals surface area contributed by atoms with Gasteiger partial charge in [0.25, 0.3) is 0 Å². The maximum absolute atomic E-state index is 5.88. The predicted octanol–water partition coefficient (Wildman–Crippen LogP) is 10.7. The molecule has 224 valence electrons. The first-order chi connectivity index (χ1) is 20.2. The van der Waals surface area contributed by atoms with Gasteiger partial charge in [-0.15, -0.1) is 24.8 Å². The van der Waals surface area contributed by atoms with Crippen LogP contribution in [0.5, 0.6) is 0 Å². The Kier molecular flexibility index (Phi) is 8.52. The first kappa shape index (κ1) is 32.6. The molecule has 0 saturated heterocycles. The summed E-state index contributed by atoms with van der Waals surface area (Å²) in [5.41, 5.74) is 8.45. The van der Waals surface area contributed by atoms with E-state index in [1.807, 2.05) is 0 Å². The Labute approximate surface area is 276 Å². The third-order valence-electron chi connectivity index (χ3n) is 11.7. The Morgan fingerprint density at radius 1 is 0.614 bits per heavy atom. The Balaban J connectivity index is 0.00000192. The van der Waals surface area contributed by atoms with E-state index >= 15 is 0 Å². The van der Waals surface area contributed by atoms with Gasteiger partial charge in [0.2, 0.25) is 0 Å². The van der Waals surface area contributed by atoms with Crippen LogP contribution in [-0.2, 0) is 31.0 Å². The molecular weight excluding hydrogens is 655 g/mol. The summed E-state index contributed by atoms with van der Waals surface area (Å²) in [6.45, 7) is 10.1. The molecule has 0 fully saturated rings. The molecule has 0 radical (unpaired) electrons.